The van der Waals surface area contributed by atoms with Crippen molar-refractivity contribution in [3.05, 3.63) is 0 Å². The topological polar surface area (TPSA) is 70.0 Å². The lowest BCUT2D eigenvalue weighted by Gasteiger charge is -2.03. The zero-order valence-electron chi connectivity index (χ0n) is 16.1. The molecule has 2 heteroatoms. The Hall–Kier alpha value is -0.0800. The molecule has 0 atom stereocenters. The maximum Gasteiger partial charge on any atom is -0.0533 e. The molecule has 0 aromatic rings. The minimum absolute atomic E-state index is 0. The Morgan fingerprint density at radius 3 is 0.545 bits per heavy atom. The Bertz CT molecular complexity index is 142. The van der Waals surface area contributed by atoms with Gasteiger partial charge >= 0.3 is 0 Å². The van der Waals surface area contributed by atoms with Crippen LogP contribution in [0.15, 0.2) is 0 Å². The molecular weight excluding hydrogens is 268 g/mol. The Balaban J connectivity index is -0.00000180. The van der Waals surface area contributed by atoms with Crippen molar-refractivity contribution >= 4 is 0 Å². The molecule has 0 saturated heterocycles. The summed E-state index contributed by atoms with van der Waals surface area (Å²) in [6.07, 6.45) is 26.4. The van der Waals surface area contributed by atoms with Crippen molar-refractivity contribution in [2.45, 2.75) is 129 Å². The smallest absolute Gasteiger partial charge is 0.0533 e. The fourth-order valence-corrected chi connectivity index (χ4v) is 2.97. The van der Waals surface area contributed by atoms with Crippen LogP contribution in [0.4, 0.5) is 0 Å². The molecule has 0 rings (SSSR count). The van der Waals surface area contributed by atoms with Gasteiger partial charge in [-0.2, -0.15) is 0 Å². The largest absolute Gasteiger partial charge is 0.344 e. The maximum atomic E-state index is 2.30. The van der Waals surface area contributed by atoms with Gasteiger partial charge < -0.3 is 12.3 Å². The van der Waals surface area contributed by atoms with Gasteiger partial charge in [0, 0.05) is 0 Å². The summed E-state index contributed by atoms with van der Waals surface area (Å²) in [6.45, 7) is 4.59. The highest BCUT2D eigenvalue weighted by Crippen LogP contribution is 2.14. The van der Waals surface area contributed by atoms with E-state index in [1.807, 2.05) is 0 Å². The van der Waals surface area contributed by atoms with E-state index >= 15 is 0 Å². The molecule has 0 aromatic carbocycles. The second-order valence-electron chi connectivity index (χ2n) is 6.66. The molecule has 0 unspecified atom stereocenters. The molecule has 0 fully saturated rings. The van der Waals surface area contributed by atoms with Crippen LogP contribution in [-0.4, -0.2) is 0 Å². The van der Waals surface area contributed by atoms with Crippen LogP contribution in [0.2, 0.25) is 0 Å². The summed E-state index contributed by atoms with van der Waals surface area (Å²) in [5.41, 5.74) is 0. The van der Waals surface area contributed by atoms with Crippen molar-refractivity contribution in [1.82, 2.24) is 12.3 Å². The third-order valence-electron chi connectivity index (χ3n) is 4.46. The van der Waals surface area contributed by atoms with Crippen molar-refractivity contribution in [3.63, 3.8) is 0 Å². The second kappa shape index (κ2) is 25.9. The van der Waals surface area contributed by atoms with Gasteiger partial charge in [-0.15, -0.1) is 0 Å². The van der Waals surface area contributed by atoms with Crippen LogP contribution < -0.4 is 12.3 Å². The van der Waals surface area contributed by atoms with Gasteiger partial charge in [0.15, 0.2) is 0 Å². The van der Waals surface area contributed by atoms with Gasteiger partial charge in [-0.1, -0.05) is 129 Å². The number of hydrogen-bond acceptors (Lipinski definition) is 2. The van der Waals surface area contributed by atoms with Gasteiger partial charge in [0.25, 0.3) is 0 Å². The monoisotopic (exact) mass is 316 g/mol. The minimum atomic E-state index is 0. The highest BCUT2D eigenvalue weighted by Gasteiger charge is 1.94. The molecule has 0 aliphatic carbocycles. The maximum absolute atomic E-state index is 2.30. The van der Waals surface area contributed by atoms with Gasteiger partial charge in [0.2, 0.25) is 0 Å². The molecule has 0 bridgehead atoms. The summed E-state index contributed by atoms with van der Waals surface area (Å²) < 4.78 is 0. The van der Waals surface area contributed by atoms with Gasteiger partial charge in [-0.3, -0.25) is 0 Å². The molecule has 0 aromatic heterocycles. The van der Waals surface area contributed by atoms with E-state index in [0.29, 0.717) is 0 Å². The minimum Gasteiger partial charge on any atom is -0.344 e. The molecule has 6 N–H and O–H groups in total. The normalized spacial score (nSPS) is 10.1. The number of unbranched alkanes of at least 4 members (excludes halogenated alkanes) is 17. The van der Waals surface area contributed by atoms with Crippen LogP contribution in [-0.2, 0) is 0 Å². The first-order chi connectivity index (χ1) is 9.91. The molecule has 2 nitrogen and oxygen atoms in total. The first kappa shape index (κ1) is 26.8. The van der Waals surface area contributed by atoms with E-state index in [1.165, 1.54) is 116 Å². The van der Waals surface area contributed by atoms with E-state index in [1.54, 1.807) is 0 Å². The van der Waals surface area contributed by atoms with Crippen LogP contribution in [0.5, 0.6) is 0 Å². The molecule has 0 saturated carbocycles. The summed E-state index contributed by atoms with van der Waals surface area (Å²) in [7, 11) is 0. The van der Waals surface area contributed by atoms with Crippen molar-refractivity contribution in [1.29, 1.82) is 0 Å². The van der Waals surface area contributed by atoms with Crippen LogP contribution >= 0.6 is 0 Å². The molecule has 0 spiro atoms. The average molecular weight is 317 g/mol. The first-order valence-electron chi connectivity index (χ1n) is 9.91. The van der Waals surface area contributed by atoms with Gasteiger partial charge in [0.1, 0.15) is 0 Å². The lowest BCUT2D eigenvalue weighted by molar-refractivity contribution is 0.526. The zero-order valence-corrected chi connectivity index (χ0v) is 16.1. The SMILES string of the molecule is CCCCCCCCCCCCCCCCCCCC.N.N. The van der Waals surface area contributed by atoms with Crippen LogP contribution in [0.3, 0.4) is 0 Å². The Morgan fingerprint density at radius 2 is 0.409 bits per heavy atom. The third-order valence-corrected chi connectivity index (χ3v) is 4.46. The Morgan fingerprint density at radius 1 is 0.273 bits per heavy atom. The predicted octanol–water partition coefficient (Wildman–Crippen LogP) is 8.37. The first-order valence-corrected chi connectivity index (χ1v) is 9.91. The summed E-state index contributed by atoms with van der Waals surface area (Å²) in [5, 5.41) is 0. The highest BCUT2D eigenvalue weighted by molar-refractivity contribution is 4.49. The van der Waals surface area contributed by atoms with Gasteiger partial charge in [-0.25, -0.2) is 0 Å². The Kier molecular flexibility index (Phi) is 31.5. The standard InChI is InChI=1S/C20H42.2H3N/c1-3-5-7-9-11-13-15-17-19-20-18-16-14-12-10-8-6-4-2;;/h3-20H2,1-2H3;2*1H3. The van der Waals surface area contributed by atoms with E-state index < -0.39 is 0 Å². The molecule has 22 heavy (non-hydrogen) atoms. The summed E-state index contributed by atoms with van der Waals surface area (Å²) >= 11 is 0. The third kappa shape index (κ3) is 24.9. The quantitative estimate of drug-likeness (QED) is 0.264. The van der Waals surface area contributed by atoms with Gasteiger partial charge in [0.05, 0.1) is 0 Å². The average Bonchev–Trinajstić information content (AvgIpc) is 2.47. The number of rotatable bonds is 17. The van der Waals surface area contributed by atoms with Crippen molar-refractivity contribution in [3.8, 4) is 0 Å². The van der Waals surface area contributed by atoms with E-state index in [4.69, 9.17) is 0 Å². The fourth-order valence-electron chi connectivity index (χ4n) is 2.97. The Labute approximate surface area is 142 Å². The highest BCUT2D eigenvalue weighted by atomic mass is 14.0. The van der Waals surface area contributed by atoms with Crippen molar-refractivity contribution in [2.24, 2.45) is 0 Å². The molecule has 0 aliphatic heterocycles. The zero-order chi connectivity index (χ0) is 14.7. The van der Waals surface area contributed by atoms with Crippen LogP contribution in [0.25, 0.3) is 0 Å². The van der Waals surface area contributed by atoms with E-state index in [2.05, 4.69) is 13.8 Å². The second-order valence-corrected chi connectivity index (χ2v) is 6.66. The number of hydrogen-bond donors (Lipinski definition) is 2. The lowest BCUT2D eigenvalue weighted by Crippen LogP contribution is -1.83. The molecular formula is C20H48N2. The molecule has 0 aliphatic rings. The predicted molar refractivity (Wildman–Crippen MR) is 104 cm³/mol. The van der Waals surface area contributed by atoms with Crippen LogP contribution in [0.1, 0.15) is 129 Å². The summed E-state index contributed by atoms with van der Waals surface area (Å²) in [4.78, 5) is 0. The van der Waals surface area contributed by atoms with E-state index in [-0.39, 0.29) is 12.3 Å². The van der Waals surface area contributed by atoms with Crippen LogP contribution in [0, 0.1) is 0 Å². The fraction of sp³-hybridized carbons (Fsp3) is 1.00. The summed E-state index contributed by atoms with van der Waals surface area (Å²) in [6, 6.07) is 0. The van der Waals surface area contributed by atoms with E-state index in [9.17, 15) is 0 Å². The lowest BCUT2D eigenvalue weighted by atomic mass is 10.0. The van der Waals surface area contributed by atoms with Crippen molar-refractivity contribution < 1.29 is 0 Å². The molecule has 0 amide bonds. The van der Waals surface area contributed by atoms with Gasteiger partial charge in [-0.05, 0) is 0 Å². The van der Waals surface area contributed by atoms with E-state index in [0.717, 1.165) is 0 Å². The molecule has 0 radical (unpaired) electrons. The molecule has 138 valence electrons. The summed E-state index contributed by atoms with van der Waals surface area (Å²) in [5.74, 6) is 0. The van der Waals surface area contributed by atoms with Crippen molar-refractivity contribution in [2.75, 3.05) is 0 Å². The molecule has 0 heterocycles.